The highest BCUT2D eigenvalue weighted by Crippen LogP contribution is 2.34. The predicted molar refractivity (Wildman–Crippen MR) is 56.7 cm³/mol. The number of aliphatic imine (C=N–C) groups is 1. The minimum atomic E-state index is 0.558. The molecule has 1 heterocycles. The van der Waals surface area contributed by atoms with Crippen LogP contribution < -0.4 is 0 Å². The quantitative estimate of drug-likeness (QED) is 0.533. The van der Waals surface area contributed by atoms with Gasteiger partial charge in [0.25, 0.3) is 0 Å². The van der Waals surface area contributed by atoms with Gasteiger partial charge in [-0.2, -0.15) is 0 Å². The van der Waals surface area contributed by atoms with Crippen LogP contribution in [-0.4, -0.2) is 5.71 Å². The van der Waals surface area contributed by atoms with Crippen molar-refractivity contribution >= 4 is 5.71 Å². The molecule has 1 heteroatoms. The van der Waals surface area contributed by atoms with E-state index in [0.29, 0.717) is 11.8 Å². The number of rotatable bonds is 0. The first-order valence-corrected chi connectivity index (χ1v) is 4.80. The molecule has 0 radical (unpaired) electrons. The molecule has 2 rings (SSSR count). The summed E-state index contributed by atoms with van der Waals surface area (Å²) in [5.74, 6) is 1.18. The van der Waals surface area contributed by atoms with Crippen LogP contribution in [-0.2, 0) is 0 Å². The average molecular weight is 173 g/mol. The van der Waals surface area contributed by atoms with Crippen molar-refractivity contribution in [1.82, 2.24) is 0 Å². The molecule has 0 amide bonds. The van der Waals surface area contributed by atoms with Crippen molar-refractivity contribution in [2.75, 3.05) is 0 Å². The topological polar surface area (TPSA) is 12.4 Å². The molecule has 0 spiro atoms. The van der Waals surface area contributed by atoms with Crippen LogP contribution in [0.2, 0.25) is 0 Å². The first kappa shape index (κ1) is 8.49. The molecule has 13 heavy (non-hydrogen) atoms. The molecule has 0 aromatic heterocycles. The lowest BCUT2D eigenvalue weighted by Gasteiger charge is -2.29. The van der Waals surface area contributed by atoms with Gasteiger partial charge in [0.2, 0.25) is 0 Å². The molecule has 0 aromatic rings. The van der Waals surface area contributed by atoms with E-state index in [2.05, 4.69) is 44.0 Å². The van der Waals surface area contributed by atoms with Gasteiger partial charge in [0.1, 0.15) is 0 Å². The Kier molecular flexibility index (Phi) is 1.95. The number of allylic oxidation sites excluding steroid dienone is 5. The molecule has 0 saturated heterocycles. The normalized spacial score (nSPS) is 31.8. The molecule has 68 valence electrons. The Balaban J connectivity index is 2.44. The number of hydrogen-bond acceptors (Lipinski definition) is 1. The number of fused-ring (bicyclic) bond motifs is 1. The summed E-state index contributed by atoms with van der Waals surface area (Å²) < 4.78 is 0. The van der Waals surface area contributed by atoms with E-state index >= 15 is 0 Å². The minimum Gasteiger partial charge on any atom is -0.262 e. The van der Waals surface area contributed by atoms with E-state index < -0.39 is 0 Å². The number of nitrogens with zero attached hydrogens (tertiary/aromatic N) is 1. The third-order valence-electron chi connectivity index (χ3n) is 3.12. The number of hydrogen-bond donors (Lipinski definition) is 0. The summed E-state index contributed by atoms with van der Waals surface area (Å²) in [4.78, 5) is 4.31. The first-order chi connectivity index (χ1) is 6.20. The van der Waals surface area contributed by atoms with Gasteiger partial charge in [-0.05, 0) is 25.3 Å². The zero-order valence-corrected chi connectivity index (χ0v) is 8.41. The van der Waals surface area contributed by atoms with Gasteiger partial charge in [0, 0.05) is 17.8 Å². The van der Waals surface area contributed by atoms with Gasteiger partial charge < -0.3 is 0 Å². The smallest absolute Gasteiger partial charge is 0.0410 e. The lowest BCUT2D eigenvalue weighted by Crippen LogP contribution is -2.22. The van der Waals surface area contributed by atoms with Crippen LogP contribution in [0.4, 0.5) is 0 Å². The summed E-state index contributed by atoms with van der Waals surface area (Å²) in [6.45, 7) is 6.57. The Hall–Kier alpha value is -1.11. The average Bonchev–Trinajstić information content (AvgIpc) is 2.12. The maximum Gasteiger partial charge on any atom is 0.0410 e. The molecule has 0 aromatic carbocycles. The van der Waals surface area contributed by atoms with Crippen LogP contribution in [0, 0.1) is 11.8 Å². The second-order valence-corrected chi connectivity index (χ2v) is 3.90. The SMILES string of the molecule is CC1=CC=C2C(C)=NC=CC2C1C. The predicted octanol–water partition coefficient (Wildman–Crippen LogP) is 3.11. The van der Waals surface area contributed by atoms with Gasteiger partial charge in [-0.1, -0.05) is 30.7 Å². The third-order valence-corrected chi connectivity index (χ3v) is 3.12. The molecule has 0 fully saturated rings. The highest BCUT2D eigenvalue weighted by Gasteiger charge is 2.25. The fourth-order valence-corrected chi connectivity index (χ4v) is 1.99. The Bertz CT molecular complexity index is 342. The van der Waals surface area contributed by atoms with Crippen molar-refractivity contribution in [2.45, 2.75) is 20.8 Å². The second kappa shape index (κ2) is 2.99. The van der Waals surface area contributed by atoms with E-state index in [-0.39, 0.29) is 0 Å². The van der Waals surface area contributed by atoms with Crippen LogP contribution in [0.3, 0.4) is 0 Å². The fourth-order valence-electron chi connectivity index (χ4n) is 1.99. The van der Waals surface area contributed by atoms with Gasteiger partial charge in [0.15, 0.2) is 0 Å². The zero-order chi connectivity index (χ0) is 9.42. The Morgan fingerprint density at radius 2 is 2.00 bits per heavy atom. The van der Waals surface area contributed by atoms with Crippen molar-refractivity contribution in [3.63, 3.8) is 0 Å². The second-order valence-electron chi connectivity index (χ2n) is 3.90. The highest BCUT2D eigenvalue weighted by atomic mass is 14.7. The molecule has 0 saturated carbocycles. The Morgan fingerprint density at radius 1 is 1.23 bits per heavy atom. The van der Waals surface area contributed by atoms with E-state index in [0.717, 1.165) is 0 Å². The maximum atomic E-state index is 4.31. The summed E-state index contributed by atoms with van der Waals surface area (Å²) >= 11 is 0. The van der Waals surface area contributed by atoms with E-state index in [1.54, 1.807) is 0 Å². The lowest BCUT2D eigenvalue weighted by molar-refractivity contribution is 0.554. The molecular weight excluding hydrogens is 158 g/mol. The first-order valence-electron chi connectivity index (χ1n) is 4.80. The van der Waals surface area contributed by atoms with Crippen molar-refractivity contribution in [2.24, 2.45) is 16.8 Å². The summed E-state index contributed by atoms with van der Waals surface area (Å²) in [5, 5.41) is 0. The van der Waals surface area contributed by atoms with Crippen LogP contribution in [0.5, 0.6) is 0 Å². The van der Waals surface area contributed by atoms with Crippen molar-refractivity contribution in [3.05, 3.63) is 35.6 Å². The zero-order valence-electron chi connectivity index (χ0n) is 8.41. The van der Waals surface area contributed by atoms with E-state index in [9.17, 15) is 0 Å². The van der Waals surface area contributed by atoms with Gasteiger partial charge in [-0.3, -0.25) is 4.99 Å². The lowest BCUT2D eigenvalue weighted by atomic mass is 9.77. The van der Waals surface area contributed by atoms with E-state index in [1.807, 2.05) is 6.20 Å². The molecule has 1 nitrogen and oxygen atoms in total. The van der Waals surface area contributed by atoms with Crippen LogP contribution in [0.25, 0.3) is 0 Å². The van der Waals surface area contributed by atoms with Crippen LogP contribution >= 0.6 is 0 Å². The summed E-state index contributed by atoms with van der Waals surface area (Å²) in [6, 6.07) is 0. The molecule has 2 aliphatic rings. The summed E-state index contributed by atoms with van der Waals surface area (Å²) in [5.41, 5.74) is 4.02. The molecular formula is C12H15N. The highest BCUT2D eigenvalue weighted by molar-refractivity contribution is 6.00. The third kappa shape index (κ3) is 1.28. The van der Waals surface area contributed by atoms with Crippen LogP contribution in [0.15, 0.2) is 40.6 Å². The summed E-state index contributed by atoms with van der Waals surface area (Å²) in [7, 11) is 0. The maximum absolute atomic E-state index is 4.31. The fraction of sp³-hybridized carbons (Fsp3) is 0.417. The van der Waals surface area contributed by atoms with Crippen molar-refractivity contribution < 1.29 is 0 Å². The monoisotopic (exact) mass is 173 g/mol. The largest absolute Gasteiger partial charge is 0.262 e. The molecule has 2 atom stereocenters. The molecule has 0 bridgehead atoms. The standard InChI is InChI=1S/C12H15N/c1-8-4-5-12-10(3)13-7-6-11(12)9(8)2/h4-7,9,11H,1-3H3. The molecule has 1 aliphatic heterocycles. The van der Waals surface area contributed by atoms with Crippen molar-refractivity contribution in [3.8, 4) is 0 Å². The van der Waals surface area contributed by atoms with Gasteiger partial charge in [-0.25, -0.2) is 0 Å². The Labute approximate surface area is 79.6 Å². The van der Waals surface area contributed by atoms with Crippen molar-refractivity contribution in [1.29, 1.82) is 0 Å². The minimum absolute atomic E-state index is 0.558. The van der Waals surface area contributed by atoms with Gasteiger partial charge in [0.05, 0.1) is 0 Å². The summed E-state index contributed by atoms with van der Waals surface area (Å²) in [6.07, 6.45) is 8.57. The van der Waals surface area contributed by atoms with Crippen LogP contribution in [0.1, 0.15) is 20.8 Å². The van der Waals surface area contributed by atoms with E-state index in [4.69, 9.17) is 0 Å². The molecule has 0 N–H and O–H groups in total. The van der Waals surface area contributed by atoms with Gasteiger partial charge in [-0.15, -0.1) is 0 Å². The molecule has 2 unspecified atom stereocenters. The molecule has 1 aliphatic carbocycles. The Morgan fingerprint density at radius 3 is 2.77 bits per heavy atom. The van der Waals surface area contributed by atoms with Gasteiger partial charge >= 0.3 is 0 Å². The van der Waals surface area contributed by atoms with E-state index in [1.165, 1.54) is 16.9 Å².